The Bertz CT molecular complexity index is 341. The molecule has 2 saturated heterocycles. The summed E-state index contributed by atoms with van der Waals surface area (Å²) in [6.07, 6.45) is 4.41. The molecular weight excluding hydrogens is 240 g/mol. The van der Waals surface area contributed by atoms with Gasteiger partial charge in [0.2, 0.25) is 0 Å². The molecule has 0 aromatic carbocycles. The van der Waals surface area contributed by atoms with Gasteiger partial charge in [-0.05, 0) is 50.7 Å². The second-order valence-corrected chi connectivity index (χ2v) is 6.19. The first-order valence-corrected chi connectivity index (χ1v) is 7.39. The fraction of sp³-hybridized carbons (Fsp3) is 0.929. The number of amidine groups is 1. The van der Waals surface area contributed by atoms with Gasteiger partial charge in [0.25, 0.3) is 0 Å². The maximum atomic E-state index is 10.9. The number of nitroso groups, excluding NO2 is 1. The van der Waals surface area contributed by atoms with Gasteiger partial charge in [-0.2, -0.15) is 0 Å². The molecule has 3 atom stereocenters. The summed E-state index contributed by atoms with van der Waals surface area (Å²) in [5.41, 5.74) is 0. The van der Waals surface area contributed by atoms with Gasteiger partial charge in [-0.15, -0.1) is 4.91 Å². The largest absolute Gasteiger partial charge is 0.354 e. The van der Waals surface area contributed by atoms with Crippen LogP contribution in [0.1, 0.15) is 46.5 Å². The Balaban J connectivity index is 2.10. The molecule has 0 aromatic heterocycles. The first-order chi connectivity index (χ1) is 9.06. The normalized spacial score (nSPS) is 32.8. The lowest BCUT2D eigenvalue weighted by Crippen LogP contribution is -2.50. The van der Waals surface area contributed by atoms with E-state index in [1.54, 1.807) is 0 Å². The maximum Gasteiger partial charge on any atom is 0.185 e. The second kappa shape index (κ2) is 5.99. The fourth-order valence-electron chi connectivity index (χ4n) is 3.49. The molecule has 2 heterocycles. The van der Waals surface area contributed by atoms with E-state index in [-0.39, 0.29) is 5.92 Å². The first-order valence-electron chi connectivity index (χ1n) is 7.39. The predicted molar refractivity (Wildman–Crippen MR) is 78.3 cm³/mol. The van der Waals surface area contributed by atoms with Crippen molar-refractivity contribution in [3.8, 4) is 0 Å². The SMILES string of the molecule is CNC1CC2CCC(C1)N2C(C)=NC(N=O)C(C)C. The summed E-state index contributed by atoms with van der Waals surface area (Å²) in [4.78, 5) is 17.8. The summed E-state index contributed by atoms with van der Waals surface area (Å²) in [6, 6.07) is 1.80. The van der Waals surface area contributed by atoms with Crippen LogP contribution in [0, 0.1) is 10.8 Å². The Morgan fingerprint density at radius 2 is 1.84 bits per heavy atom. The van der Waals surface area contributed by atoms with Crippen LogP contribution in [0.2, 0.25) is 0 Å². The van der Waals surface area contributed by atoms with Crippen LogP contribution in [-0.4, -0.2) is 42.1 Å². The van der Waals surface area contributed by atoms with Crippen LogP contribution >= 0.6 is 0 Å². The number of hydrogen-bond acceptors (Lipinski definition) is 4. The van der Waals surface area contributed by atoms with Crippen LogP contribution in [0.4, 0.5) is 0 Å². The third kappa shape index (κ3) is 2.96. The lowest BCUT2D eigenvalue weighted by molar-refractivity contribution is 0.198. The summed E-state index contributed by atoms with van der Waals surface area (Å²) in [5, 5.41) is 6.55. The van der Waals surface area contributed by atoms with E-state index in [4.69, 9.17) is 0 Å². The van der Waals surface area contributed by atoms with Crippen LogP contribution < -0.4 is 5.32 Å². The average molecular weight is 266 g/mol. The smallest absolute Gasteiger partial charge is 0.185 e. The fourth-order valence-corrected chi connectivity index (χ4v) is 3.49. The van der Waals surface area contributed by atoms with Crippen LogP contribution in [0.25, 0.3) is 0 Å². The number of piperidine rings is 1. The number of fused-ring (bicyclic) bond motifs is 2. The Morgan fingerprint density at radius 3 is 2.26 bits per heavy atom. The Kier molecular flexibility index (Phi) is 4.55. The van der Waals surface area contributed by atoms with Gasteiger partial charge >= 0.3 is 0 Å². The van der Waals surface area contributed by atoms with Crippen LogP contribution in [0.3, 0.4) is 0 Å². The van der Waals surface area contributed by atoms with Crippen molar-refractivity contribution in [3.05, 3.63) is 4.91 Å². The van der Waals surface area contributed by atoms with E-state index in [0.717, 1.165) is 5.84 Å². The maximum absolute atomic E-state index is 10.9. The standard InChI is InChI=1S/C14H26N4O/c1-9(2)14(17-19)16-10(3)18-12-5-6-13(18)8-11(7-12)15-4/h9,11-15H,5-8H2,1-4H3. The molecule has 0 radical (unpaired) electrons. The molecule has 19 heavy (non-hydrogen) atoms. The zero-order valence-electron chi connectivity index (χ0n) is 12.5. The van der Waals surface area contributed by atoms with E-state index in [1.807, 2.05) is 27.8 Å². The molecule has 0 aromatic rings. The van der Waals surface area contributed by atoms with Crippen molar-refractivity contribution in [2.75, 3.05) is 7.05 Å². The number of rotatable bonds is 4. The number of nitrogens with zero attached hydrogens (tertiary/aromatic N) is 3. The highest BCUT2D eigenvalue weighted by Gasteiger charge is 2.40. The quantitative estimate of drug-likeness (QED) is 0.483. The van der Waals surface area contributed by atoms with Crippen LogP contribution in [0.5, 0.6) is 0 Å². The van der Waals surface area contributed by atoms with Crippen LogP contribution in [-0.2, 0) is 0 Å². The van der Waals surface area contributed by atoms with Gasteiger partial charge in [0.15, 0.2) is 6.17 Å². The predicted octanol–water partition coefficient (Wildman–Crippen LogP) is 2.37. The van der Waals surface area contributed by atoms with E-state index < -0.39 is 6.17 Å². The van der Waals surface area contributed by atoms with Crippen molar-refractivity contribution in [1.29, 1.82) is 0 Å². The zero-order valence-corrected chi connectivity index (χ0v) is 12.5. The molecule has 3 unspecified atom stereocenters. The summed E-state index contributed by atoms with van der Waals surface area (Å²) >= 11 is 0. The Labute approximate surface area is 115 Å². The third-order valence-corrected chi connectivity index (χ3v) is 4.54. The molecular formula is C14H26N4O. The highest BCUT2D eigenvalue weighted by atomic mass is 16.3. The topological polar surface area (TPSA) is 57.1 Å². The first kappa shape index (κ1) is 14.4. The molecule has 2 rings (SSSR count). The van der Waals surface area contributed by atoms with Crippen molar-refractivity contribution in [3.63, 3.8) is 0 Å². The molecule has 2 aliphatic rings. The molecule has 108 valence electrons. The van der Waals surface area contributed by atoms with Crippen molar-refractivity contribution in [2.24, 2.45) is 16.1 Å². The lowest BCUT2D eigenvalue weighted by atomic mass is 9.97. The molecule has 5 nitrogen and oxygen atoms in total. The summed E-state index contributed by atoms with van der Waals surface area (Å²) in [5.74, 6) is 1.17. The van der Waals surface area contributed by atoms with E-state index in [1.165, 1.54) is 25.7 Å². The minimum atomic E-state index is -0.443. The zero-order chi connectivity index (χ0) is 14.0. The Hall–Kier alpha value is -0.970. The van der Waals surface area contributed by atoms with Gasteiger partial charge in [-0.1, -0.05) is 13.8 Å². The molecule has 0 aliphatic carbocycles. The van der Waals surface area contributed by atoms with E-state index in [2.05, 4.69) is 20.4 Å². The molecule has 2 bridgehead atoms. The Morgan fingerprint density at radius 1 is 1.26 bits per heavy atom. The van der Waals surface area contributed by atoms with Crippen molar-refractivity contribution in [1.82, 2.24) is 10.2 Å². The molecule has 0 spiro atoms. The number of hydrogen-bond donors (Lipinski definition) is 1. The molecule has 1 N–H and O–H groups in total. The van der Waals surface area contributed by atoms with Gasteiger partial charge in [-0.3, -0.25) is 0 Å². The van der Waals surface area contributed by atoms with Crippen molar-refractivity contribution in [2.45, 2.75) is 70.7 Å². The van der Waals surface area contributed by atoms with E-state index in [0.29, 0.717) is 18.1 Å². The van der Waals surface area contributed by atoms with Crippen molar-refractivity contribution >= 4 is 5.84 Å². The van der Waals surface area contributed by atoms with Gasteiger partial charge in [0.1, 0.15) is 0 Å². The monoisotopic (exact) mass is 266 g/mol. The number of aliphatic imine (C=N–C) groups is 1. The second-order valence-electron chi connectivity index (χ2n) is 6.19. The van der Waals surface area contributed by atoms with Gasteiger partial charge in [0.05, 0.1) is 5.84 Å². The third-order valence-electron chi connectivity index (χ3n) is 4.54. The minimum Gasteiger partial charge on any atom is -0.354 e. The van der Waals surface area contributed by atoms with Gasteiger partial charge in [-0.25, -0.2) is 4.99 Å². The van der Waals surface area contributed by atoms with Gasteiger partial charge in [0, 0.05) is 18.1 Å². The van der Waals surface area contributed by atoms with Crippen LogP contribution in [0.15, 0.2) is 10.2 Å². The molecule has 0 amide bonds. The molecule has 2 aliphatic heterocycles. The van der Waals surface area contributed by atoms with Crippen molar-refractivity contribution < 1.29 is 0 Å². The highest BCUT2D eigenvalue weighted by Crippen LogP contribution is 2.36. The lowest BCUT2D eigenvalue weighted by Gasteiger charge is -2.40. The van der Waals surface area contributed by atoms with E-state index in [9.17, 15) is 4.91 Å². The molecule has 2 fully saturated rings. The highest BCUT2D eigenvalue weighted by molar-refractivity contribution is 5.81. The minimum absolute atomic E-state index is 0.167. The molecule has 5 heteroatoms. The summed E-state index contributed by atoms with van der Waals surface area (Å²) in [6.45, 7) is 6.01. The number of nitrogens with one attached hydrogen (secondary N) is 1. The summed E-state index contributed by atoms with van der Waals surface area (Å²) < 4.78 is 0. The summed E-state index contributed by atoms with van der Waals surface area (Å²) in [7, 11) is 2.05. The van der Waals surface area contributed by atoms with E-state index >= 15 is 0 Å². The van der Waals surface area contributed by atoms with Gasteiger partial charge < -0.3 is 10.2 Å². The molecule has 0 saturated carbocycles. The average Bonchev–Trinajstić information content (AvgIpc) is 2.66.